The van der Waals surface area contributed by atoms with Gasteiger partial charge in [-0.1, -0.05) is 19.1 Å². The number of nitrogens with two attached hydrogens (primary N) is 1. The molecule has 4 aliphatic rings. The largest absolute Gasteiger partial charge is 0.378 e. The van der Waals surface area contributed by atoms with Gasteiger partial charge in [-0.2, -0.15) is 0 Å². The number of carbonyl (C=O) groups excluding carboxylic acids is 1. The molecular weight excluding hydrogens is 381 g/mol. The molecule has 4 nitrogen and oxygen atoms in total. The van der Waals surface area contributed by atoms with Crippen molar-refractivity contribution in [3.63, 3.8) is 0 Å². The number of amides is 1. The Kier molecular flexibility index (Phi) is 7.10. The Morgan fingerprint density at radius 1 is 1.00 bits per heavy atom. The number of rotatable bonds is 5. The average molecular weight is 414 g/mol. The minimum absolute atomic E-state index is 0. The summed E-state index contributed by atoms with van der Waals surface area (Å²) in [7, 11) is 0. The molecule has 1 aromatic carbocycles. The maximum atomic E-state index is 12.5. The number of anilines is 2. The predicted octanol–water partition coefficient (Wildman–Crippen LogP) is 4.83. The van der Waals surface area contributed by atoms with E-state index in [0.29, 0.717) is 0 Å². The third-order valence-electron chi connectivity index (χ3n) is 6.83. The molecule has 0 saturated heterocycles. The molecule has 0 spiro atoms. The topological polar surface area (TPSA) is 67.2 Å². The number of benzene rings is 1. The second-order valence-electron chi connectivity index (χ2n) is 9.01. The maximum absolute atomic E-state index is 12.5. The van der Waals surface area contributed by atoms with Gasteiger partial charge >= 0.3 is 0 Å². The molecule has 1 aromatic rings. The highest BCUT2D eigenvalue weighted by atomic mass is 35.5. The second kappa shape index (κ2) is 8.59. The normalized spacial score (nSPS) is 32.6. The molecule has 0 aliphatic heterocycles. The van der Waals surface area contributed by atoms with E-state index in [1.807, 2.05) is 32.0 Å². The number of carbonyl (C=O) groups is 1. The summed E-state index contributed by atoms with van der Waals surface area (Å²) in [6, 6.07) is 7.98. The van der Waals surface area contributed by atoms with Crippen LogP contribution in [-0.4, -0.2) is 17.5 Å². The quantitative estimate of drug-likeness (QED) is 0.646. The SMILES string of the molecule is CC(N)C(C)C(=O)Nc1ccccc1NC12CC3CC(CC(C3)C1)C2.Cl.Cl. The van der Waals surface area contributed by atoms with Crippen LogP contribution >= 0.6 is 24.8 Å². The molecule has 4 bridgehead atoms. The fraction of sp³-hybridized carbons (Fsp3) is 0.667. The third-order valence-corrected chi connectivity index (χ3v) is 6.83. The standard InChI is InChI=1S/C21H31N3O.2ClH/c1-13(14(2)22)20(25)23-18-5-3-4-6-19(18)24-21-10-15-7-16(11-21)9-17(8-15)12-21;;/h3-6,13-17,24H,7-12,22H2,1-2H3,(H,23,25);2*1H. The first-order valence-corrected chi connectivity index (χ1v) is 9.88. The minimum atomic E-state index is -0.201. The maximum Gasteiger partial charge on any atom is 0.228 e. The number of hydrogen-bond acceptors (Lipinski definition) is 3. The van der Waals surface area contributed by atoms with Crippen molar-refractivity contribution in [1.29, 1.82) is 0 Å². The first-order valence-electron chi connectivity index (χ1n) is 9.88. The Morgan fingerprint density at radius 3 is 1.96 bits per heavy atom. The summed E-state index contributed by atoms with van der Waals surface area (Å²) in [6.45, 7) is 3.76. The lowest BCUT2D eigenvalue weighted by atomic mass is 9.53. The highest BCUT2D eigenvalue weighted by Gasteiger charge is 2.51. The molecule has 6 heteroatoms. The van der Waals surface area contributed by atoms with E-state index in [-0.39, 0.29) is 48.2 Å². The van der Waals surface area contributed by atoms with Crippen LogP contribution in [-0.2, 0) is 4.79 Å². The Morgan fingerprint density at radius 2 is 1.48 bits per heavy atom. The van der Waals surface area contributed by atoms with Gasteiger partial charge in [0.25, 0.3) is 0 Å². The van der Waals surface area contributed by atoms with Crippen molar-refractivity contribution in [2.75, 3.05) is 10.6 Å². The second-order valence-corrected chi connectivity index (χ2v) is 9.01. The molecule has 1 amide bonds. The summed E-state index contributed by atoms with van der Waals surface area (Å²) < 4.78 is 0. The van der Waals surface area contributed by atoms with Gasteiger partial charge in [0.2, 0.25) is 5.91 Å². The Bertz CT molecular complexity index is 629. The first-order chi connectivity index (χ1) is 11.9. The average Bonchev–Trinajstić information content (AvgIpc) is 2.54. The van der Waals surface area contributed by atoms with Gasteiger partial charge in [0.1, 0.15) is 0 Å². The van der Waals surface area contributed by atoms with Crippen LogP contribution in [0.25, 0.3) is 0 Å². The zero-order valence-electron chi connectivity index (χ0n) is 16.2. The lowest BCUT2D eigenvalue weighted by Crippen LogP contribution is -2.54. The van der Waals surface area contributed by atoms with Crippen molar-refractivity contribution >= 4 is 42.1 Å². The number of para-hydroxylation sites is 2. The summed E-state index contributed by atoms with van der Waals surface area (Å²) in [4.78, 5) is 12.5. The molecule has 0 aromatic heterocycles. The van der Waals surface area contributed by atoms with Gasteiger partial charge in [-0.05, 0) is 75.3 Å². The highest BCUT2D eigenvalue weighted by Crippen LogP contribution is 2.56. The van der Waals surface area contributed by atoms with Gasteiger partial charge in [0.15, 0.2) is 0 Å². The Labute approximate surface area is 175 Å². The molecule has 5 rings (SSSR count). The molecule has 152 valence electrons. The first kappa shape index (κ1) is 22.3. The number of hydrogen-bond donors (Lipinski definition) is 3. The van der Waals surface area contributed by atoms with E-state index in [9.17, 15) is 4.79 Å². The van der Waals surface area contributed by atoms with Gasteiger partial charge in [-0.3, -0.25) is 4.79 Å². The van der Waals surface area contributed by atoms with Crippen molar-refractivity contribution in [2.45, 2.75) is 64.0 Å². The van der Waals surface area contributed by atoms with Gasteiger partial charge in [-0.15, -0.1) is 24.8 Å². The van der Waals surface area contributed by atoms with E-state index in [1.165, 1.54) is 38.5 Å². The van der Waals surface area contributed by atoms with E-state index in [2.05, 4.69) is 16.7 Å². The number of nitrogens with one attached hydrogen (secondary N) is 2. The fourth-order valence-corrected chi connectivity index (χ4v) is 5.74. The molecule has 4 aliphatic carbocycles. The minimum Gasteiger partial charge on any atom is -0.378 e. The lowest BCUT2D eigenvalue weighted by Gasteiger charge is -2.57. The van der Waals surface area contributed by atoms with Crippen LogP contribution in [0.3, 0.4) is 0 Å². The summed E-state index contributed by atoms with van der Waals surface area (Å²) in [6.07, 6.45) is 8.17. The van der Waals surface area contributed by atoms with Crippen molar-refractivity contribution in [3.05, 3.63) is 24.3 Å². The van der Waals surface area contributed by atoms with E-state index in [0.717, 1.165) is 29.1 Å². The van der Waals surface area contributed by atoms with Crippen LogP contribution in [0.15, 0.2) is 24.3 Å². The smallest absolute Gasteiger partial charge is 0.228 e. The van der Waals surface area contributed by atoms with Gasteiger partial charge < -0.3 is 16.4 Å². The van der Waals surface area contributed by atoms with Crippen molar-refractivity contribution in [1.82, 2.24) is 0 Å². The fourth-order valence-electron chi connectivity index (χ4n) is 5.74. The van der Waals surface area contributed by atoms with E-state index in [4.69, 9.17) is 5.73 Å². The Balaban J connectivity index is 0.00000131. The van der Waals surface area contributed by atoms with Crippen LogP contribution in [0.2, 0.25) is 0 Å². The van der Waals surface area contributed by atoms with Crippen molar-refractivity contribution < 1.29 is 4.79 Å². The molecule has 4 saturated carbocycles. The molecule has 2 atom stereocenters. The van der Waals surface area contributed by atoms with Crippen LogP contribution in [0, 0.1) is 23.7 Å². The monoisotopic (exact) mass is 413 g/mol. The van der Waals surface area contributed by atoms with Gasteiger partial charge in [0.05, 0.1) is 17.3 Å². The van der Waals surface area contributed by atoms with Crippen LogP contribution < -0.4 is 16.4 Å². The van der Waals surface area contributed by atoms with Crippen LogP contribution in [0.4, 0.5) is 11.4 Å². The molecule has 0 heterocycles. The Hall–Kier alpha value is -0.970. The number of halogens is 2. The summed E-state index contributed by atoms with van der Waals surface area (Å²) in [5.41, 5.74) is 8.07. The zero-order valence-corrected chi connectivity index (χ0v) is 17.9. The molecular formula is C21H33Cl2N3O. The molecule has 2 unspecified atom stereocenters. The van der Waals surface area contributed by atoms with E-state index in [1.54, 1.807) is 0 Å². The van der Waals surface area contributed by atoms with Crippen molar-refractivity contribution in [3.8, 4) is 0 Å². The van der Waals surface area contributed by atoms with Crippen LogP contribution in [0.1, 0.15) is 52.4 Å². The zero-order chi connectivity index (χ0) is 17.6. The summed E-state index contributed by atoms with van der Waals surface area (Å²) >= 11 is 0. The molecule has 0 radical (unpaired) electrons. The van der Waals surface area contributed by atoms with Crippen molar-refractivity contribution in [2.24, 2.45) is 29.4 Å². The van der Waals surface area contributed by atoms with Gasteiger partial charge in [0, 0.05) is 11.6 Å². The third kappa shape index (κ3) is 4.55. The van der Waals surface area contributed by atoms with Crippen LogP contribution in [0.5, 0.6) is 0 Å². The predicted molar refractivity (Wildman–Crippen MR) is 117 cm³/mol. The van der Waals surface area contributed by atoms with E-state index >= 15 is 0 Å². The highest BCUT2D eigenvalue weighted by molar-refractivity contribution is 5.96. The molecule has 4 fully saturated rings. The molecule has 27 heavy (non-hydrogen) atoms. The lowest BCUT2D eigenvalue weighted by molar-refractivity contribution is -0.119. The molecule has 4 N–H and O–H groups in total. The summed E-state index contributed by atoms with van der Waals surface area (Å²) in [5.74, 6) is 2.50. The van der Waals surface area contributed by atoms with Gasteiger partial charge in [-0.25, -0.2) is 0 Å². The summed E-state index contributed by atoms with van der Waals surface area (Å²) in [5, 5.41) is 6.98. The van der Waals surface area contributed by atoms with E-state index < -0.39 is 0 Å².